The summed E-state index contributed by atoms with van der Waals surface area (Å²) in [5, 5.41) is 12.7. The maximum absolute atomic E-state index is 9.19. The summed E-state index contributed by atoms with van der Waals surface area (Å²) in [7, 11) is 1.71. The first-order chi connectivity index (χ1) is 9.19. The predicted molar refractivity (Wildman–Crippen MR) is 77.7 cm³/mol. The van der Waals surface area contributed by atoms with Crippen molar-refractivity contribution in [2.75, 3.05) is 13.7 Å². The molecule has 0 aromatic heterocycles. The van der Waals surface area contributed by atoms with Gasteiger partial charge in [0.2, 0.25) is 0 Å². The lowest BCUT2D eigenvalue weighted by molar-refractivity contribution is 0.179. The fourth-order valence-corrected chi connectivity index (χ4v) is 2.66. The molecule has 19 heavy (non-hydrogen) atoms. The second kappa shape index (κ2) is 6.92. The van der Waals surface area contributed by atoms with E-state index in [0.717, 1.165) is 25.1 Å². The van der Waals surface area contributed by atoms with Gasteiger partial charge in [-0.05, 0) is 62.8 Å². The third kappa shape index (κ3) is 4.22. The topological polar surface area (TPSA) is 41.5 Å². The van der Waals surface area contributed by atoms with Crippen molar-refractivity contribution in [3.63, 3.8) is 0 Å². The van der Waals surface area contributed by atoms with E-state index < -0.39 is 0 Å². The summed E-state index contributed by atoms with van der Waals surface area (Å²) in [6.07, 6.45) is 4.19. The fourth-order valence-electron chi connectivity index (χ4n) is 2.66. The number of methoxy groups -OCH3 is 1. The number of aliphatic hydroxyl groups is 1. The molecule has 1 aromatic carbocycles. The SMILES string of the molecule is COc1cccc(C2CC(NCCCC(C)O)C2)c1. The average molecular weight is 263 g/mol. The van der Waals surface area contributed by atoms with Crippen LogP contribution in [0.15, 0.2) is 24.3 Å². The molecule has 0 saturated heterocycles. The molecule has 0 radical (unpaired) electrons. The van der Waals surface area contributed by atoms with E-state index in [0.29, 0.717) is 12.0 Å². The molecule has 0 heterocycles. The highest BCUT2D eigenvalue weighted by Crippen LogP contribution is 2.37. The van der Waals surface area contributed by atoms with Crippen molar-refractivity contribution in [3.05, 3.63) is 29.8 Å². The number of aliphatic hydroxyl groups excluding tert-OH is 1. The van der Waals surface area contributed by atoms with Gasteiger partial charge in [0.1, 0.15) is 5.75 Å². The number of nitrogens with one attached hydrogen (secondary N) is 1. The molecule has 0 aliphatic heterocycles. The minimum atomic E-state index is -0.173. The second-order valence-corrected chi connectivity index (χ2v) is 5.59. The normalized spacial score (nSPS) is 23.7. The molecule has 3 heteroatoms. The van der Waals surface area contributed by atoms with E-state index in [1.807, 2.05) is 13.0 Å². The molecule has 1 fully saturated rings. The Labute approximate surface area is 116 Å². The third-order valence-corrected chi connectivity index (χ3v) is 3.93. The Morgan fingerprint density at radius 3 is 2.89 bits per heavy atom. The highest BCUT2D eigenvalue weighted by Gasteiger charge is 2.29. The zero-order valence-electron chi connectivity index (χ0n) is 11.9. The van der Waals surface area contributed by atoms with Crippen molar-refractivity contribution in [1.29, 1.82) is 0 Å². The van der Waals surface area contributed by atoms with Crippen LogP contribution in [0.2, 0.25) is 0 Å². The molecule has 1 aliphatic rings. The molecule has 1 aliphatic carbocycles. The van der Waals surface area contributed by atoms with Gasteiger partial charge in [0.05, 0.1) is 13.2 Å². The van der Waals surface area contributed by atoms with Gasteiger partial charge in [-0.15, -0.1) is 0 Å². The molecule has 0 bridgehead atoms. The molecule has 1 unspecified atom stereocenters. The van der Waals surface area contributed by atoms with Crippen LogP contribution in [0.4, 0.5) is 0 Å². The van der Waals surface area contributed by atoms with Crippen molar-refractivity contribution in [2.24, 2.45) is 0 Å². The molecule has 0 amide bonds. The van der Waals surface area contributed by atoms with Gasteiger partial charge in [-0.25, -0.2) is 0 Å². The summed E-state index contributed by atoms with van der Waals surface area (Å²) in [6, 6.07) is 9.04. The quantitative estimate of drug-likeness (QED) is 0.743. The Hall–Kier alpha value is -1.06. The number of rotatable bonds is 7. The van der Waals surface area contributed by atoms with E-state index in [9.17, 15) is 5.11 Å². The van der Waals surface area contributed by atoms with Crippen LogP contribution < -0.4 is 10.1 Å². The highest BCUT2D eigenvalue weighted by atomic mass is 16.5. The van der Waals surface area contributed by atoms with Gasteiger partial charge in [-0.2, -0.15) is 0 Å². The summed E-state index contributed by atoms with van der Waals surface area (Å²) in [4.78, 5) is 0. The molecular weight excluding hydrogens is 238 g/mol. The number of hydrogen-bond donors (Lipinski definition) is 2. The van der Waals surface area contributed by atoms with Gasteiger partial charge < -0.3 is 15.2 Å². The molecule has 1 aromatic rings. The average Bonchev–Trinajstić information content (AvgIpc) is 2.36. The minimum absolute atomic E-state index is 0.173. The summed E-state index contributed by atoms with van der Waals surface area (Å²) in [5.41, 5.74) is 1.39. The maximum atomic E-state index is 9.19. The highest BCUT2D eigenvalue weighted by molar-refractivity contribution is 5.32. The minimum Gasteiger partial charge on any atom is -0.497 e. The predicted octanol–water partition coefficient (Wildman–Crippen LogP) is 2.69. The van der Waals surface area contributed by atoms with Crippen molar-refractivity contribution in [3.8, 4) is 5.75 Å². The van der Waals surface area contributed by atoms with Gasteiger partial charge in [0, 0.05) is 6.04 Å². The van der Waals surface area contributed by atoms with Crippen LogP contribution in [0.3, 0.4) is 0 Å². The molecule has 3 nitrogen and oxygen atoms in total. The standard InChI is InChI=1S/C16H25NO2/c1-12(18)5-4-8-17-15-9-14(10-15)13-6-3-7-16(11-13)19-2/h3,6-7,11-12,14-15,17-18H,4-5,8-10H2,1-2H3. The van der Waals surface area contributed by atoms with Gasteiger partial charge in [-0.1, -0.05) is 12.1 Å². The van der Waals surface area contributed by atoms with Gasteiger partial charge in [0.25, 0.3) is 0 Å². The molecule has 2 rings (SSSR count). The molecule has 0 spiro atoms. The third-order valence-electron chi connectivity index (χ3n) is 3.93. The van der Waals surface area contributed by atoms with E-state index >= 15 is 0 Å². The Morgan fingerprint density at radius 1 is 1.42 bits per heavy atom. The second-order valence-electron chi connectivity index (χ2n) is 5.59. The summed E-state index contributed by atoms with van der Waals surface area (Å²) >= 11 is 0. The van der Waals surface area contributed by atoms with Crippen LogP contribution in [0, 0.1) is 0 Å². The van der Waals surface area contributed by atoms with E-state index in [1.54, 1.807) is 7.11 Å². The molecule has 1 saturated carbocycles. The van der Waals surface area contributed by atoms with Gasteiger partial charge in [0.15, 0.2) is 0 Å². The van der Waals surface area contributed by atoms with Crippen molar-refractivity contribution < 1.29 is 9.84 Å². The Kier molecular flexibility index (Phi) is 5.23. The summed E-state index contributed by atoms with van der Waals surface area (Å²) in [6.45, 7) is 2.86. The van der Waals surface area contributed by atoms with Crippen LogP contribution in [-0.4, -0.2) is 30.9 Å². The van der Waals surface area contributed by atoms with Crippen molar-refractivity contribution >= 4 is 0 Å². The van der Waals surface area contributed by atoms with E-state index in [4.69, 9.17) is 4.74 Å². The van der Waals surface area contributed by atoms with Crippen LogP contribution in [0.25, 0.3) is 0 Å². The van der Waals surface area contributed by atoms with Crippen LogP contribution in [0.1, 0.15) is 44.1 Å². The zero-order valence-corrected chi connectivity index (χ0v) is 11.9. The largest absolute Gasteiger partial charge is 0.497 e. The monoisotopic (exact) mass is 263 g/mol. The lowest BCUT2D eigenvalue weighted by Crippen LogP contribution is -2.40. The summed E-state index contributed by atoms with van der Waals surface area (Å²) in [5.74, 6) is 1.62. The zero-order chi connectivity index (χ0) is 13.7. The van der Waals surface area contributed by atoms with Crippen LogP contribution in [-0.2, 0) is 0 Å². The smallest absolute Gasteiger partial charge is 0.119 e. The lowest BCUT2D eigenvalue weighted by Gasteiger charge is -2.36. The van der Waals surface area contributed by atoms with E-state index in [2.05, 4.69) is 23.5 Å². The Morgan fingerprint density at radius 2 is 2.21 bits per heavy atom. The first kappa shape index (κ1) is 14.4. The van der Waals surface area contributed by atoms with Crippen LogP contribution >= 0.6 is 0 Å². The Balaban J connectivity index is 1.68. The number of benzene rings is 1. The first-order valence-corrected chi connectivity index (χ1v) is 7.24. The van der Waals surface area contributed by atoms with Gasteiger partial charge in [-0.3, -0.25) is 0 Å². The molecule has 106 valence electrons. The van der Waals surface area contributed by atoms with Crippen molar-refractivity contribution in [1.82, 2.24) is 5.32 Å². The fraction of sp³-hybridized carbons (Fsp3) is 0.625. The summed E-state index contributed by atoms with van der Waals surface area (Å²) < 4.78 is 5.26. The van der Waals surface area contributed by atoms with E-state index in [-0.39, 0.29) is 6.10 Å². The van der Waals surface area contributed by atoms with Crippen molar-refractivity contribution in [2.45, 2.75) is 50.7 Å². The molecule has 2 N–H and O–H groups in total. The number of hydrogen-bond acceptors (Lipinski definition) is 3. The van der Waals surface area contributed by atoms with Gasteiger partial charge >= 0.3 is 0 Å². The first-order valence-electron chi connectivity index (χ1n) is 7.24. The van der Waals surface area contributed by atoms with Crippen LogP contribution in [0.5, 0.6) is 5.75 Å². The maximum Gasteiger partial charge on any atom is 0.119 e. The molecular formula is C16H25NO2. The molecule has 1 atom stereocenters. The Bertz CT molecular complexity index is 386. The lowest BCUT2D eigenvalue weighted by atomic mass is 9.76. The van der Waals surface area contributed by atoms with E-state index in [1.165, 1.54) is 18.4 Å². The number of ether oxygens (including phenoxy) is 1.